The van der Waals surface area contributed by atoms with Crippen molar-refractivity contribution in [3.8, 4) is 0 Å². The quantitative estimate of drug-likeness (QED) is 0.804. The van der Waals surface area contributed by atoms with Crippen molar-refractivity contribution in [3.05, 3.63) is 62.9 Å². The summed E-state index contributed by atoms with van der Waals surface area (Å²) in [5.41, 5.74) is 4.18. The van der Waals surface area contributed by atoms with E-state index in [4.69, 9.17) is 23.2 Å². The van der Waals surface area contributed by atoms with Gasteiger partial charge in [-0.3, -0.25) is 0 Å². The van der Waals surface area contributed by atoms with E-state index in [1.54, 1.807) is 0 Å². The number of hydrogen-bond donors (Lipinski definition) is 1. The molecule has 0 aliphatic heterocycles. The number of benzene rings is 2. The fourth-order valence-corrected chi connectivity index (χ4v) is 2.49. The maximum atomic E-state index is 13.1. The zero-order chi connectivity index (χ0) is 14.0. The summed E-state index contributed by atoms with van der Waals surface area (Å²) in [6, 6.07) is 8.61. The second-order valence-corrected chi connectivity index (χ2v) is 5.27. The van der Waals surface area contributed by atoms with Crippen LogP contribution in [0.1, 0.15) is 16.7 Å². The number of aryl methyl sites for hydroxylation is 1. The van der Waals surface area contributed by atoms with Crippen LogP contribution in [0.15, 0.2) is 30.3 Å². The average Bonchev–Trinajstić information content (AvgIpc) is 2.33. The Morgan fingerprint density at radius 2 is 1.74 bits per heavy atom. The van der Waals surface area contributed by atoms with Gasteiger partial charge >= 0.3 is 0 Å². The Bertz CT molecular complexity index is 588. The molecule has 2 rings (SSSR count). The van der Waals surface area contributed by atoms with Gasteiger partial charge in [-0.1, -0.05) is 41.4 Å². The highest BCUT2D eigenvalue weighted by atomic mass is 35.5. The third-order valence-corrected chi connectivity index (χ3v) is 3.78. The lowest BCUT2D eigenvalue weighted by atomic mass is 10.0. The molecule has 0 aliphatic carbocycles. The minimum atomic E-state index is -0.438. The van der Waals surface area contributed by atoms with E-state index in [1.165, 1.54) is 23.3 Å². The second kappa shape index (κ2) is 5.81. The molecular weight excluding hydrogens is 284 g/mol. The maximum Gasteiger partial charge on any atom is 0.126 e. The first-order chi connectivity index (χ1) is 8.99. The van der Waals surface area contributed by atoms with Crippen LogP contribution in [0.3, 0.4) is 0 Å². The summed E-state index contributed by atoms with van der Waals surface area (Å²) in [6.45, 7) is 4.73. The summed E-state index contributed by atoms with van der Waals surface area (Å²) in [7, 11) is 0. The minimum Gasteiger partial charge on any atom is -0.379 e. The predicted octanol–water partition coefficient (Wildman–Crippen LogP) is 5.36. The molecule has 19 heavy (non-hydrogen) atoms. The van der Waals surface area contributed by atoms with E-state index in [2.05, 4.69) is 25.2 Å². The Morgan fingerprint density at radius 3 is 2.37 bits per heavy atom. The molecule has 2 aromatic carbocycles. The Balaban J connectivity index is 2.22. The van der Waals surface area contributed by atoms with Gasteiger partial charge in [-0.2, -0.15) is 0 Å². The van der Waals surface area contributed by atoms with Gasteiger partial charge in [0.05, 0.1) is 15.7 Å². The highest BCUT2D eigenvalue weighted by Gasteiger charge is 2.09. The van der Waals surface area contributed by atoms with Crippen LogP contribution in [-0.2, 0) is 6.54 Å². The standard InChI is InChI=1S/C15H14Cl2FN/c1-9-4-3-5-11(10(9)2)8-19-15-13(16)6-12(18)7-14(15)17/h3-7,19H,8H2,1-2H3. The van der Waals surface area contributed by atoms with Crippen molar-refractivity contribution in [2.75, 3.05) is 5.32 Å². The molecular formula is C15H14Cl2FN. The monoisotopic (exact) mass is 297 g/mol. The fourth-order valence-electron chi connectivity index (χ4n) is 1.90. The normalized spacial score (nSPS) is 10.6. The van der Waals surface area contributed by atoms with E-state index >= 15 is 0 Å². The second-order valence-electron chi connectivity index (χ2n) is 4.46. The number of halogens is 3. The van der Waals surface area contributed by atoms with Crippen molar-refractivity contribution in [3.63, 3.8) is 0 Å². The Hall–Kier alpha value is -1.25. The minimum absolute atomic E-state index is 0.287. The number of nitrogens with one attached hydrogen (secondary N) is 1. The van der Waals surface area contributed by atoms with Gasteiger partial charge in [-0.05, 0) is 42.7 Å². The zero-order valence-corrected chi connectivity index (χ0v) is 12.2. The molecule has 0 saturated carbocycles. The molecule has 0 aliphatic rings. The van der Waals surface area contributed by atoms with Crippen molar-refractivity contribution >= 4 is 28.9 Å². The van der Waals surface area contributed by atoms with Gasteiger partial charge in [0.2, 0.25) is 0 Å². The Kier molecular flexibility index (Phi) is 4.33. The average molecular weight is 298 g/mol. The topological polar surface area (TPSA) is 12.0 Å². The molecule has 0 saturated heterocycles. The molecule has 2 aromatic rings. The molecule has 0 spiro atoms. The van der Waals surface area contributed by atoms with E-state index in [9.17, 15) is 4.39 Å². The van der Waals surface area contributed by atoms with Crippen LogP contribution in [0, 0.1) is 19.7 Å². The first-order valence-electron chi connectivity index (χ1n) is 5.92. The molecule has 1 nitrogen and oxygen atoms in total. The summed E-state index contributed by atoms with van der Waals surface area (Å²) >= 11 is 12.0. The number of hydrogen-bond acceptors (Lipinski definition) is 1. The summed E-state index contributed by atoms with van der Waals surface area (Å²) in [4.78, 5) is 0. The maximum absolute atomic E-state index is 13.1. The van der Waals surface area contributed by atoms with Crippen LogP contribution in [0.5, 0.6) is 0 Å². The molecule has 0 fully saturated rings. The third-order valence-electron chi connectivity index (χ3n) is 3.18. The van der Waals surface area contributed by atoms with Crippen LogP contribution in [-0.4, -0.2) is 0 Å². The van der Waals surface area contributed by atoms with E-state index in [1.807, 2.05) is 12.1 Å². The Labute approximate surface area is 122 Å². The van der Waals surface area contributed by atoms with Gasteiger partial charge in [-0.25, -0.2) is 4.39 Å². The molecule has 100 valence electrons. The lowest BCUT2D eigenvalue weighted by molar-refractivity contribution is 0.628. The first kappa shape index (κ1) is 14.2. The van der Waals surface area contributed by atoms with Crippen LogP contribution < -0.4 is 5.32 Å². The summed E-state index contributed by atoms with van der Waals surface area (Å²) in [5, 5.41) is 3.74. The van der Waals surface area contributed by atoms with Crippen molar-refractivity contribution in [2.24, 2.45) is 0 Å². The smallest absolute Gasteiger partial charge is 0.126 e. The van der Waals surface area contributed by atoms with Gasteiger partial charge in [0, 0.05) is 6.54 Å². The molecule has 1 N–H and O–H groups in total. The van der Waals surface area contributed by atoms with Gasteiger partial charge in [0.15, 0.2) is 0 Å². The van der Waals surface area contributed by atoms with Crippen LogP contribution in [0.25, 0.3) is 0 Å². The van der Waals surface area contributed by atoms with Crippen molar-refractivity contribution in [1.82, 2.24) is 0 Å². The zero-order valence-electron chi connectivity index (χ0n) is 10.7. The van der Waals surface area contributed by atoms with E-state index < -0.39 is 5.82 Å². The van der Waals surface area contributed by atoms with Crippen molar-refractivity contribution < 1.29 is 4.39 Å². The van der Waals surface area contributed by atoms with E-state index in [-0.39, 0.29) is 10.0 Å². The lowest BCUT2D eigenvalue weighted by Gasteiger charge is -2.13. The van der Waals surface area contributed by atoms with Crippen LogP contribution >= 0.6 is 23.2 Å². The molecule has 0 radical (unpaired) electrons. The van der Waals surface area contributed by atoms with E-state index in [0.29, 0.717) is 12.2 Å². The SMILES string of the molecule is Cc1cccc(CNc2c(Cl)cc(F)cc2Cl)c1C. The molecule has 0 aromatic heterocycles. The van der Waals surface area contributed by atoms with E-state index in [0.717, 1.165) is 5.56 Å². The van der Waals surface area contributed by atoms with Gasteiger partial charge in [-0.15, -0.1) is 0 Å². The summed E-state index contributed by atoms with van der Waals surface area (Å²) in [6.07, 6.45) is 0. The van der Waals surface area contributed by atoms with Gasteiger partial charge < -0.3 is 5.32 Å². The molecule has 0 bridgehead atoms. The highest BCUT2D eigenvalue weighted by Crippen LogP contribution is 2.31. The fraction of sp³-hybridized carbons (Fsp3) is 0.200. The van der Waals surface area contributed by atoms with Gasteiger partial charge in [0.1, 0.15) is 5.82 Å². The van der Waals surface area contributed by atoms with Crippen molar-refractivity contribution in [2.45, 2.75) is 20.4 Å². The lowest BCUT2D eigenvalue weighted by Crippen LogP contribution is -2.03. The number of rotatable bonds is 3. The largest absolute Gasteiger partial charge is 0.379 e. The van der Waals surface area contributed by atoms with Crippen LogP contribution in [0.2, 0.25) is 10.0 Å². The van der Waals surface area contributed by atoms with Crippen LogP contribution in [0.4, 0.5) is 10.1 Å². The van der Waals surface area contributed by atoms with Gasteiger partial charge in [0.25, 0.3) is 0 Å². The third kappa shape index (κ3) is 3.20. The first-order valence-corrected chi connectivity index (χ1v) is 6.68. The molecule has 0 heterocycles. The molecule has 0 atom stereocenters. The summed E-state index contributed by atoms with van der Waals surface area (Å²) < 4.78 is 13.1. The number of anilines is 1. The molecule has 4 heteroatoms. The highest BCUT2D eigenvalue weighted by molar-refractivity contribution is 6.39. The predicted molar refractivity (Wildman–Crippen MR) is 79.7 cm³/mol. The summed E-state index contributed by atoms with van der Waals surface area (Å²) in [5.74, 6) is -0.438. The van der Waals surface area contributed by atoms with Crippen molar-refractivity contribution in [1.29, 1.82) is 0 Å². The molecule has 0 unspecified atom stereocenters. The molecule has 0 amide bonds. The Morgan fingerprint density at radius 1 is 1.11 bits per heavy atom.